The normalized spacial score (nSPS) is 20.7. The van der Waals surface area contributed by atoms with Gasteiger partial charge in [0, 0.05) is 6.42 Å². The summed E-state index contributed by atoms with van der Waals surface area (Å²) in [5, 5.41) is 19.5. The lowest BCUT2D eigenvalue weighted by atomic mass is 9.85. The van der Waals surface area contributed by atoms with Crippen LogP contribution in [0.3, 0.4) is 0 Å². The maximum Gasteiger partial charge on any atom is 0.448 e. The van der Waals surface area contributed by atoms with Crippen LogP contribution < -0.4 is 0 Å². The van der Waals surface area contributed by atoms with E-state index in [0.29, 0.717) is 0 Å². The molecule has 2 rings (SSSR count). The summed E-state index contributed by atoms with van der Waals surface area (Å²) in [5.74, 6) is -2.10. The number of hydrogen-bond donors (Lipinski definition) is 4. The van der Waals surface area contributed by atoms with E-state index < -0.39 is 19.4 Å². The van der Waals surface area contributed by atoms with Gasteiger partial charge < -0.3 is 20.0 Å². The van der Waals surface area contributed by atoms with E-state index in [1.807, 2.05) is 0 Å². The number of rotatable bonds is 5. The van der Waals surface area contributed by atoms with Crippen molar-refractivity contribution in [1.29, 1.82) is 0 Å². The monoisotopic (exact) mass is 351 g/mol. The van der Waals surface area contributed by atoms with Crippen LogP contribution in [0.2, 0.25) is 0 Å². The zero-order valence-corrected chi connectivity index (χ0v) is 13.8. The van der Waals surface area contributed by atoms with E-state index in [1.54, 1.807) is 25.1 Å². The van der Waals surface area contributed by atoms with Crippen molar-refractivity contribution < 1.29 is 29.4 Å². The highest BCUT2D eigenvalue weighted by molar-refractivity contribution is 7.50. The Labute approximate surface area is 138 Å². The molecule has 1 aromatic rings. The predicted octanol–water partition coefficient (Wildman–Crippen LogP) is 2.62. The molecule has 1 aromatic carbocycles. The van der Waals surface area contributed by atoms with Crippen LogP contribution in [0.1, 0.15) is 24.8 Å². The number of phenols is 1. The molecule has 0 aromatic heterocycles. The van der Waals surface area contributed by atoms with Crippen LogP contribution in [-0.2, 0) is 9.36 Å². The van der Waals surface area contributed by atoms with Crippen molar-refractivity contribution in [3.8, 4) is 5.75 Å². The molecule has 2 atom stereocenters. The average molecular weight is 351 g/mol. The molecule has 7 nitrogen and oxygen atoms in total. The first-order valence-corrected chi connectivity index (χ1v) is 8.78. The average Bonchev–Trinajstić information content (AvgIpc) is 2.45. The molecule has 0 heterocycles. The van der Waals surface area contributed by atoms with E-state index in [0.717, 1.165) is 5.56 Å². The number of nitrogens with zero attached hydrogens (tertiary/aromatic N) is 1. The zero-order chi connectivity index (χ0) is 17.9. The number of carbonyl (C=O) groups excluding carboxylic acids is 1. The smallest absolute Gasteiger partial charge is 0.448 e. The van der Waals surface area contributed by atoms with Gasteiger partial charge in [-0.3, -0.25) is 4.79 Å². The number of ketones is 1. The molecule has 0 radical (unpaired) electrons. The van der Waals surface area contributed by atoms with Crippen LogP contribution in [0.15, 0.2) is 53.0 Å². The van der Waals surface area contributed by atoms with Crippen molar-refractivity contribution in [2.75, 3.05) is 0 Å². The fourth-order valence-electron chi connectivity index (χ4n) is 2.53. The maximum absolute atomic E-state index is 12.5. The SMILES string of the molecule is CC(CC(=O)C1C(O)=CC=C/C1=N\P(=O)(O)O)c1cccc(O)c1. The van der Waals surface area contributed by atoms with Crippen LogP contribution in [0, 0.1) is 5.92 Å². The van der Waals surface area contributed by atoms with Crippen LogP contribution in [-0.4, -0.2) is 31.5 Å². The first kappa shape index (κ1) is 18.1. The van der Waals surface area contributed by atoms with Gasteiger partial charge in [0.25, 0.3) is 0 Å². The first-order chi connectivity index (χ1) is 11.2. The Bertz CT molecular complexity index is 777. The van der Waals surface area contributed by atoms with E-state index in [9.17, 15) is 19.6 Å². The van der Waals surface area contributed by atoms with Crippen LogP contribution in [0.4, 0.5) is 0 Å². The van der Waals surface area contributed by atoms with Crippen molar-refractivity contribution in [3.63, 3.8) is 0 Å². The molecule has 1 aliphatic carbocycles. The second-order valence-electron chi connectivity index (χ2n) is 5.59. The highest BCUT2D eigenvalue weighted by atomic mass is 31.2. The van der Waals surface area contributed by atoms with E-state index in [-0.39, 0.29) is 29.6 Å². The Hall–Kier alpha value is -2.21. The lowest BCUT2D eigenvalue weighted by molar-refractivity contribution is -0.121. The van der Waals surface area contributed by atoms with E-state index in [4.69, 9.17) is 9.79 Å². The molecule has 0 bridgehead atoms. The number of hydrogen-bond acceptors (Lipinski definition) is 4. The third-order valence-electron chi connectivity index (χ3n) is 3.64. The predicted molar refractivity (Wildman–Crippen MR) is 89.0 cm³/mol. The lowest BCUT2D eigenvalue weighted by Crippen LogP contribution is -2.27. The largest absolute Gasteiger partial charge is 0.511 e. The van der Waals surface area contributed by atoms with Gasteiger partial charge in [-0.25, -0.2) is 4.57 Å². The number of Topliss-reactive ketones (excluding diaryl/α,β-unsaturated/α-hetero) is 1. The van der Waals surface area contributed by atoms with Crippen LogP contribution in [0.25, 0.3) is 0 Å². The Balaban J connectivity index is 2.23. The van der Waals surface area contributed by atoms with Gasteiger partial charge in [0.15, 0.2) is 0 Å². The quantitative estimate of drug-likeness (QED) is 0.604. The minimum atomic E-state index is -4.72. The van der Waals surface area contributed by atoms with Crippen molar-refractivity contribution in [2.45, 2.75) is 19.3 Å². The Morgan fingerprint density at radius 2 is 2.04 bits per heavy atom. The van der Waals surface area contributed by atoms with Gasteiger partial charge in [0.05, 0.1) is 5.71 Å². The summed E-state index contributed by atoms with van der Waals surface area (Å²) in [5.41, 5.74) is 0.572. The maximum atomic E-state index is 12.5. The summed E-state index contributed by atoms with van der Waals surface area (Å²) in [6.07, 6.45) is 3.97. The van der Waals surface area contributed by atoms with Crippen molar-refractivity contribution in [1.82, 2.24) is 0 Å². The van der Waals surface area contributed by atoms with E-state index in [2.05, 4.69) is 4.76 Å². The van der Waals surface area contributed by atoms with Gasteiger partial charge in [-0.1, -0.05) is 25.1 Å². The summed E-state index contributed by atoms with van der Waals surface area (Å²) in [7, 11) is -4.72. The number of aliphatic hydroxyl groups excluding tert-OH is 1. The van der Waals surface area contributed by atoms with Crippen molar-refractivity contribution in [2.24, 2.45) is 10.7 Å². The topological polar surface area (TPSA) is 127 Å². The number of allylic oxidation sites excluding steroid dienone is 4. The number of phenolic OH excluding ortho intramolecular Hbond substituents is 1. The molecular weight excluding hydrogens is 333 g/mol. The van der Waals surface area contributed by atoms with Gasteiger partial charge in [-0.05, 0) is 35.8 Å². The molecule has 0 amide bonds. The number of aromatic hydroxyl groups is 1. The molecule has 0 saturated heterocycles. The summed E-state index contributed by atoms with van der Waals surface area (Å²) in [6, 6.07) is 6.48. The lowest BCUT2D eigenvalue weighted by Gasteiger charge is -2.20. The summed E-state index contributed by atoms with van der Waals surface area (Å²) < 4.78 is 14.3. The van der Waals surface area contributed by atoms with Gasteiger partial charge in [0.1, 0.15) is 23.2 Å². The van der Waals surface area contributed by atoms with Crippen LogP contribution in [0.5, 0.6) is 5.75 Å². The second-order valence-corrected chi connectivity index (χ2v) is 6.81. The highest BCUT2D eigenvalue weighted by Crippen LogP contribution is 2.38. The molecule has 4 N–H and O–H groups in total. The molecule has 0 fully saturated rings. The molecule has 24 heavy (non-hydrogen) atoms. The Morgan fingerprint density at radius 3 is 2.67 bits per heavy atom. The number of benzene rings is 1. The fourth-order valence-corrected chi connectivity index (χ4v) is 3.01. The second kappa shape index (κ2) is 7.13. The number of aliphatic hydroxyl groups is 1. The minimum Gasteiger partial charge on any atom is -0.511 e. The third-order valence-corrected chi connectivity index (χ3v) is 4.13. The standard InChI is InChI=1S/C16H18NO6P/c1-10(11-4-2-5-12(18)9-11)8-15(20)16-13(17-24(21,22)23)6-3-7-14(16)19/h2-7,9-10,16,18-19H,8H2,1H3,(H2,21,22,23)/b17-13+. The van der Waals surface area contributed by atoms with Gasteiger partial charge >= 0.3 is 7.75 Å². The molecule has 0 saturated carbocycles. The summed E-state index contributed by atoms with van der Waals surface area (Å²) >= 11 is 0. The first-order valence-electron chi connectivity index (χ1n) is 7.22. The van der Waals surface area contributed by atoms with Gasteiger partial charge in [-0.2, -0.15) is 4.76 Å². The minimum absolute atomic E-state index is 0.0139. The molecular formula is C16H18NO6P. The van der Waals surface area contributed by atoms with E-state index >= 15 is 0 Å². The molecule has 2 unspecified atom stereocenters. The number of carbonyl (C=O) groups is 1. The Kier molecular flexibility index (Phi) is 5.39. The van der Waals surface area contributed by atoms with Gasteiger partial charge in [-0.15, -0.1) is 0 Å². The van der Waals surface area contributed by atoms with Crippen molar-refractivity contribution >= 4 is 19.2 Å². The molecule has 0 aliphatic heterocycles. The third kappa shape index (κ3) is 4.64. The molecule has 0 spiro atoms. The summed E-state index contributed by atoms with van der Waals surface area (Å²) in [6.45, 7) is 1.78. The van der Waals surface area contributed by atoms with Crippen molar-refractivity contribution in [3.05, 3.63) is 53.8 Å². The zero-order valence-electron chi connectivity index (χ0n) is 12.9. The van der Waals surface area contributed by atoms with Crippen LogP contribution >= 0.6 is 7.75 Å². The summed E-state index contributed by atoms with van der Waals surface area (Å²) in [4.78, 5) is 30.5. The van der Waals surface area contributed by atoms with Gasteiger partial charge in [0.2, 0.25) is 0 Å². The molecule has 128 valence electrons. The molecule has 8 heteroatoms. The molecule has 1 aliphatic rings. The Morgan fingerprint density at radius 1 is 1.33 bits per heavy atom. The highest BCUT2D eigenvalue weighted by Gasteiger charge is 2.31. The van der Waals surface area contributed by atoms with E-state index in [1.165, 1.54) is 24.3 Å². The fraction of sp³-hybridized carbons (Fsp3) is 0.250.